The van der Waals surface area contributed by atoms with Crippen molar-refractivity contribution in [2.24, 2.45) is 0 Å². The fourth-order valence-electron chi connectivity index (χ4n) is 3.07. The predicted molar refractivity (Wildman–Crippen MR) is 117 cm³/mol. The number of hydrogen-bond acceptors (Lipinski definition) is 7. The van der Waals surface area contributed by atoms with E-state index in [1.165, 1.54) is 22.7 Å². The molecular formula is C20H20N4O4S2. The molecule has 0 radical (unpaired) electrons. The Balaban J connectivity index is 1.42. The zero-order valence-corrected chi connectivity index (χ0v) is 18.1. The lowest BCUT2D eigenvalue weighted by atomic mass is 10.2. The molecule has 0 saturated heterocycles. The molecule has 0 saturated carbocycles. The van der Waals surface area contributed by atoms with Crippen LogP contribution in [0.2, 0.25) is 0 Å². The molecule has 3 heterocycles. The summed E-state index contributed by atoms with van der Waals surface area (Å²) in [5.74, 6) is 1.02. The number of aromatic nitrogens is 1. The van der Waals surface area contributed by atoms with Crippen LogP contribution < -0.4 is 20.1 Å². The molecule has 1 aliphatic heterocycles. The van der Waals surface area contributed by atoms with Crippen molar-refractivity contribution in [1.82, 2.24) is 9.88 Å². The molecule has 0 atom stereocenters. The summed E-state index contributed by atoms with van der Waals surface area (Å²) in [5, 5.41) is 8.15. The number of anilines is 2. The van der Waals surface area contributed by atoms with E-state index in [1.54, 1.807) is 43.4 Å². The quantitative estimate of drug-likeness (QED) is 0.619. The van der Waals surface area contributed by atoms with Gasteiger partial charge >= 0.3 is 6.03 Å². The molecule has 30 heavy (non-hydrogen) atoms. The van der Waals surface area contributed by atoms with Gasteiger partial charge in [0, 0.05) is 41.7 Å². The molecule has 10 heteroatoms. The van der Waals surface area contributed by atoms with Crippen molar-refractivity contribution in [2.75, 3.05) is 31.4 Å². The van der Waals surface area contributed by atoms with E-state index in [2.05, 4.69) is 15.6 Å². The second-order valence-corrected chi connectivity index (χ2v) is 8.55. The highest BCUT2D eigenvalue weighted by Gasteiger charge is 2.25. The summed E-state index contributed by atoms with van der Waals surface area (Å²) in [7, 11) is 3.12. The number of rotatable bonds is 5. The number of ether oxygens (including phenoxy) is 2. The lowest BCUT2D eigenvalue weighted by molar-refractivity contribution is 0.103. The Kier molecular flexibility index (Phi) is 5.86. The van der Waals surface area contributed by atoms with E-state index in [1.807, 2.05) is 11.4 Å². The molecule has 0 fully saturated rings. The third kappa shape index (κ3) is 4.39. The lowest BCUT2D eigenvalue weighted by Gasteiger charge is -2.26. The number of urea groups is 1. The van der Waals surface area contributed by atoms with Crippen LogP contribution in [0.5, 0.6) is 11.5 Å². The topological polar surface area (TPSA) is 92.8 Å². The van der Waals surface area contributed by atoms with Crippen LogP contribution in [-0.2, 0) is 13.0 Å². The summed E-state index contributed by atoms with van der Waals surface area (Å²) in [6.07, 6.45) is 0.634. The molecule has 8 nitrogen and oxygen atoms in total. The fourth-order valence-corrected chi connectivity index (χ4v) is 4.71. The highest BCUT2D eigenvalue weighted by molar-refractivity contribution is 7.16. The average molecular weight is 445 g/mol. The van der Waals surface area contributed by atoms with Gasteiger partial charge in [-0.2, -0.15) is 0 Å². The zero-order valence-electron chi connectivity index (χ0n) is 16.4. The van der Waals surface area contributed by atoms with Gasteiger partial charge in [-0.05, 0) is 11.4 Å². The summed E-state index contributed by atoms with van der Waals surface area (Å²) >= 11 is 2.78. The smallest absolute Gasteiger partial charge is 0.322 e. The van der Waals surface area contributed by atoms with Gasteiger partial charge in [0.05, 0.1) is 31.3 Å². The first kappa shape index (κ1) is 20.2. The Morgan fingerprint density at radius 3 is 2.57 bits per heavy atom. The molecule has 156 valence electrons. The van der Waals surface area contributed by atoms with E-state index in [-0.39, 0.29) is 11.9 Å². The number of thiazole rings is 1. The van der Waals surface area contributed by atoms with Crippen molar-refractivity contribution in [3.05, 3.63) is 51.2 Å². The molecule has 3 amide bonds. The Morgan fingerprint density at radius 2 is 1.90 bits per heavy atom. The van der Waals surface area contributed by atoms with E-state index in [4.69, 9.17) is 9.47 Å². The van der Waals surface area contributed by atoms with Crippen molar-refractivity contribution in [1.29, 1.82) is 0 Å². The van der Waals surface area contributed by atoms with Gasteiger partial charge in [0.15, 0.2) is 5.13 Å². The van der Waals surface area contributed by atoms with E-state index in [0.29, 0.717) is 46.7 Å². The van der Waals surface area contributed by atoms with Crippen LogP contribution in [0.25, 0.3) is 0 Å². The van der Waals surface area contributed by atoms with Gasteiger partial charge in [-0.1, -0.05) is 17.4 Å². The molecule has 4 rings (SSSR count). The second-order valence-electron chi connectivity index (χ2n) is 6.52. The summed E-state index contributed by atoms with van der Waals surface area (Å²) in [6.45, 7) is 0.983. The maximum atomic E-state index is 12.8. The first-order valence-corrected chi connectivity index (χ1v) is 10.9. The number of carbonyl (C=O) groups is 2. The van der Waals surface area contributed by atoms with Crippen LogP contribution in [0, 0.1) is 0 Å². The standard InChI is InChI=1S/C20H20N4O4S2/c1-27-13-8-12(9-14(10-13)28-2)21-20(26)24-6-5-15-17(11-24)30-19(22-15)23-18(25)16-4-3-7-29-16/h3-4,7-10H,5-6,11H2,1-2H3,(H,21,26)(H,22,23,25). The molecule has 2 aromatic heterocycles. The Hall–Kier alpha value is -3.11. The first-order valence-electron chi connectivity index (χ1n) is 9.18. The number of fused-ring (bicyclic) bond motifs is 1. The Bertz CT molecular complexity index is 1040. The van der Waals surface area contributed by atoms with Crippen molar-refractivity contribution in [2.45, 2.75) is 13.0 Å². The number of hydrogen-bond donors (Lipinski definition) is 2. The van der Waals surface area contributed by atoms with Crippen molar-refractivity contribution >= 4 is 45.4 Å². The molecule has 2 N–H and O–H groups in total. The molecule has 0 aliphatic carbocycles. The number of methoxy groups -OCH3 is 2. The van der Waals surface area contributed by atoms with Crippen LogP contribution in [-0.4, -0.2) is 42.6 Å². The third-order valence-corrected chi connectivity index (χ3v) is 6.45. The largest absolute Gasteiger partial charge is 0.497 e. The van der Waals surface area contributed by atoms with Crippen LogP contribution in [0.15, 0.2) is 35.7 Å². The van der Waals surface area contributed by atoms with Gasteiger partial charge in [0.25, 0.3) is 5.91 Å². The van der Waals surface area contributed by atoms with Crippen molar-refractivity contribution in [3.8, 4) is 11.5 Å². The Morgan fingerprint density at radius 1 is 1.13 bits per heavy atom. The van der Waals surface area contributed by atoms with E-state index in [9.17, 15) is 9.59 Å². The van der Waals surface area contributed by atoms with Crippen LogP contribution >= 0.6 is 22.7 Å². The molecule has 1 aromatic carbocycles. The van der Waals surface area contributed by atoms with Crippen LogP contribution in [0.1, 0.15) is 20.2 Å². The number of amides is 3. The molecule has 0 bridgehead atoms. The lowest BCUT2D eigenvalue weighted by Crippen LogP contribution is -2.38. The van der Waals surface area contributed by atoms with Gasteiger partial charge in [-0.25, -0.2) is 9.78 Å². The molecule has 0 unspecified atom stereocenters. The summed E-state index contributed by atoms with van der Waals surface area (Å²) in [6, 6.07) is 8.61. The summed E-state index contributed by atoms with van der Waals surface area (Å²) in [5.41, 5.74) is 1.52. The molecule has 3 aromatic rings. The highest BCUT2D eigenvalue weighted by Crippen LogP contribution is 2.30. The second kappa shape index (κ2) is 8.72. The van der Waals surface area contributed by atoms with Gasteiger partial charge in [0.1, 0.15) is 11.5 Å². The van der Waals surface area contributed by atoms with Gasteiger partial charge in [0.2, 0.25) is 0 Å². The number of thiophene rings is 1. The highest BCUT2D eigenvalue weighted by atomic mass is 32.1. The molecule has 0 spiro atoms. The van der Waals surface area contributed by atoms with Crippen molar-refractivity contribution < 1.29 is 19.1 Å². The predicted octanol–water partition coefficient (Wildman–Crippen LogP) is 4.06. The normalized spacial score (nSPS) is 12.8. The monoisotopic (exact) mass is 444 g/mol. The van der Waals surface area contributed by atoms with Crippen molar-refractivity contribution in [3.63, 3.8) is 0 Å². The van der Waals surface area contributed by atoms with E-state index >= 15 is 0 Å². The number of nitrogens with one attached hydrogen (secondary N) is 2. The van der Waals surface area contributed by atoms with E-state index in [0.717, 1.165) is 10.6 Å². The fraction of sp³-hybridized carbons (Fsp3) is 0.250. The average Bonchev–Trinajstić information content (AvgIpc) is 3.42. The zero-order chi connectivity index (χ0) is 21.1. The van der Waals surface area contributed by atoms with E-state index < -0.39 is 0 Å². The minimum Gasteiger partial charge on any atom is -0.497 e. The van der Waals surface area contributed by atoms with Crippen LogP contribution in [0.3, 0.4) is 0 Å². The molecular weight excluding hydrogens is 424 g/mol. The van der Waals surface area contributed by atoms with Gasteiger partial charge in [-0.3, -0.25) is 10.1 Å². The number of carbonyl (C=O) groups excluding carboxylic acids is 2. The first-order chi connectivity index (χ1) is 14.6. The minimum atomic E-state index is -0.214. The maximum Gasteiger partial charge on any atom is 0.322 e. The SMILES string of the molecule is COc1cc(NC(=O)N2CCc3nc(NC(=O)c4cccs4)sc3C2)cc(OC)c1. The number of benzene rings is 1. The third-order valence-electron chi connectivity index (χ3n) is 4.59. The van der Waals surface area contributed by atoms with Crippen LogP contribution in [0.4, 0.5) is 15.6 Å². The molecule has 1 aliphatic rings. The van der Waals surface area contributed by atoms with Gasteiger partial charge < -0.3 is 19.7 Å². The summed E-state index contributed by atoms with van der Waals surface area (Å²) in [4.78, 5) is 32.9. The maximum absolute atomic E-state index is 12.8. The Labute approximate surface area is 181 Å². The van der Waals surface area contributed by atoms with Gasteiger partial charge in [-0.15, -0.1) is 11.3 Å². The minimum absolute atomic E-state index is 0.169. The number of nitrogens with zero attached hydrogens (tertiary/aromatic N) is 2. The summed E-state index contributed by atoms with van der Waals surface area (Å²) < 4.78 is 10.5.